The molecule has 1 aliphatic rings. The Labute approximate surface area is 128 Å². The number of aromatic nitrogens is 2. The van der Waals surface area contributed by atoms with Gasteiger partial charge in [-0.2, -0.15) is 0 Å². The van der Waals surface area contributed by atoms with Crippen molar-refractivity contribution in [3.05, 3.63) is 36.2 Å². The number of fused-ring (bicyclic) bond motifs is 1. The predicted octanol–water partition coefficient (Wildman–Crippen LogP) is 2.02. The lowest BCUT2D eigenvalue weighted by Gasteiger charge is -2.22. The monoisotopic (exact) mass is 299 g/mol. The summed E-state index contributed by atoms with van der Waals surface area (Å²) >= 11 is 0. The lowest BCUT2D eigenvalue weighted by Crippen LogP contribution is -2.29. The molecule has 0 unspecified atom stereocenters. The smallest absolute Gasteiger partial charge is 0.243 e. The summed E-state index contributed by atoms with van der Waals surface area (Å²) in [6.45, 7) is 2.24. The van der Waals surface area contributed by atoms with Crippen LogP contribution in [0, 0.1) is 0 Å². The molecule has 22 heavy (non-hydrogen) atoms. The molecule has 1 amide bonds. The van der Waals surface area contributed by atoms with Crippen LogP contribution in [-0.2, 0) is 4.79 Å². The first-order valence-corrected chi connectivity index (χ1v) is 6.96. The molecule has 7 nitrogen and oxygen atoms in total. The van der Waals surface area contributed by atoms with Gasteiger partial charge in [-0.1, -0.05) is 12.1 Å². The second-order valence-corrected chi connectivity index (χ2v) is 4.99. The number of benzene rings is 1. The van der Waals surface area contributed by atoms with E-state index in [2.05, 4.69) is 25.9 Å². The van der Waals surface area contributed by atoms with E-state index in [9.17, 15) is 4.79 Å². The molecule has 114 valence electrons. The standard InChI is InChI=1S/C15H17N5O2/c1-9(10-3-5-11(22-2)6-4-10)19-15-13-14(17-8-18-15)16-7-12(21)20-13/h3-6,8-9H,7H2,1-2H3,(H,20,21)(H2,16,17,18,19)/t9-/m0/s1. The van der Waals surface area contributed by atoms with Gasteiger partial charge < -0.3 is 20.7 Å². The highest BCUT2D eigenvalue weighted by Crippen LogP contribution is 2.31. The van der Waals surface area contributed by atoms with Gasteiger partial charge in [-0.25, -0.2) is 9.97 Å². The molecular formula is C15H17N5O2. The molecule has 0 saturated heterocycles. The summed E-state index contributed by atoms with van der Waals surface area (Å²) in [7, 11) is 1.64. The van der Waals surface area contributed by atoms with Crippen LogP contribution in [0.5, 0.6) is 5.75 Å². The van der Waals surface area contributed by atoms with Crippen molar-refractivity contribution in [2.45, 2.75) is 13.0 Å². The SMILES string of the molecule is COc1ccc([C@H](C)Nc2ncnc3c2NC(=O)CN3)cc1. The van der Waals surface area contributed by atoms with Gasteiger partial charge in [-0.3, -0.25) is 4.79 Å². The van der Waals surface area contributed by atoms with Gasteiger partial charge in [-0.15, -0.1) is 0 Å². The van der Waals surface area contributed by atoms with E-state index in [4.69, 9.17) is 4.74 Å². The van der Waals surface area contributed by atoms with E-state index in [0.29, 0.717) is 17.3 Å². The maximum Gasteiger partial charge on any atom is 0.243 e. The van der Waals surface area contributed by atoms with Crippen molar-refractivity contribution in [3.63, 3.8) is 0 Å². The molecule has 3 rings (SSSR count). The van der Waals surface area contributed by atoms with Gasteiger partial charge in [0, 0.05) is 0 Å². The number of nitrogens with one attached hydrogen (secondary N) is 3. The fourth-order valence-corrected chi connectivity index (χ4v) is 2.28. The van der Waals surface area contributed by atoms with E-state index in [-0.39, 0.29) is 18.5 Å². The van der Waals surface area contributed by atoms with E-state index in [1.54, 1.807) is 7.11 Å². The molecule has 1 aliphatic heterocycles. The van der Waals surface area contributed by atoms with Crippen molar-refractivity contribution in [3.8, 4) is 5.75 Å². The molecule has 1 aromatic heterocycles. The molecule has 1 aromatic carbocycles. The zero-order valence-electron chi connectivity index (χ0n) is 12.4. The quantitative estimate of drug-likeness (QED) is 0.800. The zero-order chi connectivity index (χ0) is 15.5. The summed E-state index contributed by atoms with van der Waals surface area (Å²) < 4.78 is 5.16. The van der Waals surface area contributed by atoms with Gasteiger partial charge in [0.05, 0.1) is 19.7 Å². The maximum atomic E-state index is 11.5. The Hall–Kier alpha value is -2.83. The highest BCUT2D eigenvalue weighted by atomic mass is 16.5. The summed E-state index contributed by atoms with van der Waals surface area (Å²) in [5.41, 5.74) is 1.67. The number of carbonyl (C=O) groups is 1. The average Bonchev–Trinajstić information content (AvgIpc) is 2.55. The topological polar surface area (TPSA) is 88.2 Å². The van der Waals surface area contributed by atoms with Crippen LogP contribution in [0.4, 0.5) is 17.3 Å². The summed E-state index contributed by atoms with van der Waals surface area (Å²) in [4.78, 5) is 19.9. The molecule has 0 radical (unpaired) electrons. The zero-order valence-corrected chi connectivity index (χ0v) is 12.4. The van der Waals surface area contributed by atoms with Crippen LogP contribution in [0.25, 0.3) is 0 Å². The van der Waals surface area contributed by atoms with Crippen LogP contribution in [0.2, 0.25) is 0 Å². The van der Waals surface area contributed by atoms with Crippen LogP contribution < -0.4 is 20.7 Å². The third-order valence-electron chi connectivity index (χ3n) is 3.50. The molecule has 3 N–H and O–H groups in total. The number of methoxy groups -OCH3 is 1. The fourth-order valence-electron chi connectivity index (χ4n) is 2.28. The largest absolute Gasteiger partial charge is 0.497 e. The normalized spacial score (nSPS) is 14.4. The van der Waals surface area contributed by atoms with Crippen molar-refractivity contribution in [2.24, 2.45) is 0 Å². The van der Waals surface area contributed by atoms with Gasteiger partial charge in [0.25, 0.3) is 0 Å². The number of hydrogen-bond donors (Lipinski definition) is 3. The predicted molar refractivity (Wildman–Crippen MR) is 84.2 cm³/mol. The summed E-state index contributed by atoms with van der Waals surface area (Å²) in [6, 6.07) is 7.81. The minimum atomic E-state index is -0.109. The number of carbonyl (C=O) groups excluding carboxylic acids is 1. The highest BCUT2D eigenvalue weighted by molar-refractivity contribution is 6.02. The van der Waals surface area contributed by atoms with Crippen molar-refractivity contribution in [1.82, 2.24) is 9.97 Å². The lowest BCUT2D eigenvalue weighted by atomic mass is 10.1. The molecule has 2 aromatic rings. The molecule has 1 atom stereocenters. The molecule has 0 bridgehead atoms. The Morgan fingerprint density at radius 3 is 2.77 bits per heavy atom. The molecule has 0 fully saturated rings. The van der Waals surface area contributed by atoms with Gasteiger partial charge in [0.15, 0.2) is 11.6 Å². The van der Waals surface area contributed by atoms with Crippen molar-refractivity contribution < 1.29 is 9.53 Å². The minimum Gasteiger partial charge on any atom is -0.497 e. The lowest BCUT2D eigenvalue weighted by molar-refractivity contribution is -0.114. The van der Waals surface area contributed by atoms with Crippen molar-refractivity contribution in [2.75, 3.05) is 29.6 Å². The Balaban J connectivity index is 1.81. The number of ether oxygens (including phenoxy) is 1. The van der Waals surface area contributed by atoms with Gasteiger partial charge in [-0.05, 0) is 24.6 Å². The Morgan fingerprint density at radius 2 is 2.05 bits per heavy atom. The second-order valence-electron chi connectivity index (χ2n) is 4.99. The van der Waals surface area contributed by atoms with Crippen LogP contribution >= 0.6 is 0 Å². The van der Waals surface area contributed by atoms with Crippen LogP contribution in [-0.4, -0.2) is 29.5 Å². The molecule has 0 saturated carbocycles. The number of amides is 1. The first-order chi connectivity index (χ1) is 10.7. The Bertz CT molecular complexity index is 687. The van der Waals surface area contributed by atoms with E-state index in [1.165, 1.54) is 6.33 Å². The van der Waals surface area contributed by atoms with E-state index in [1.807, 2.05) is 31.2 Å². The van der Waals surface area contributed by atoms with Gasteiger partial charge in [0.1, 0.15) is 17.8 Å². The van der Waals surface area contributed by atoms with Crippen LogP contribution in [0.15, 0.2) is 30.6 Å². The van der Waals surface area contributed by atoms with Crippen molar-refractivity contribution in [1.29, 1.82) is 0 Å². The van der Waals surface area contributed by atoms with E-state index in [0.717, 1.165) is 11.3 Å². The first-order valence-electron chi connectivity index (χ1n) is 6.96. The highest BCUT2D eigenvalue weighted by Gasteiger charge is 2.20. The minimum absolute atomic E-state index is 0.0173. The molecular weight excluding hydrogens is 282 g/mol. The van der Waals surface area contributed by atoms with E-state index >= 15 is 0 Å². The third-order valence-corrected chi connectivity index (χ3v) is 3.50. The molecule has 7 heteroatoms. The molecule has 0 aliphatic carbocycles. The van der Waals surface area contributed by atoms with Gasteiger partial charge >= 0.3 is 0 Å². The molecule has 0 spiro atoms. The van der Waals surface area contributed by atoms with E-state index < -0.39 is 0 Å². The Morgan fingerprint density at radius 1 is 1.27 bits per heavy atom. The first kappa shape index (κ1) is 14.1. The fraction of sp³-hybridized carbons (Fsp3) is 0.267. The van der Waals surface area contributed by atoms with Crippen LogP contribution in [0.1, 0.15) is 18.5 Å². The van der Waals surface area contributed by atoms with Gasteiger partial charge in [0.2, 0.25) is 5.91 Å². The number of rotatable bonds is 4. The number of hydrogen-bond acceptors (Lipinski definition) is 6. The summed E-state index contributed by atoms with van der Waals surface area (Å²) in [6.07, 6.45) is 1.46. The summed E-state index contributed by atoms with van der Waals surface area (Å²) in [5, 5.41) is 9.05. The number of nitrogens with zero attached hydrogens (tertiary/aromatic N) is 2. The third kappa shape index (κ3) is 2.78. The summed E-state index contributed by atoms with van der Waals surface area (Å²) in [5.74, 6) is 1.92. The second kappa shape index (κ2) is 5.88. The van der Waals surface area contributed by atoms with Crippen molar-refractivity contribution >= 4 is 23.2 Å². The Kier molecular flexibility index (Phi) is 3.78. The average molecular weight is 299 g/mol. The maximum absolute atomic E-state index is 11.5. The molecule has 2 heterocycles. The number of anilines is 3. The van der Waals surface area contributed by atoms with Crippen LogP contribution in [0.3, 0.4) is 0 Å².